The Balaban J connectivity index is 1.50. The molecule has 2 aromatic rings. The third-order valence-electron chi connectivity index (χ3n) is 4.06. The van der Waals surface area contributed by atoms with Gasteiger partial charge in [-0.25, -0.2) is 0 Å². The van der Waals surface area contributed by atoms with Crippen LogP contribution in [0.3, 0.4) is 0 Å². The highest BCUT2D eigenvalue weighted by Gasteiger charge is 2.23. The zero-order valence-corrected chi connectivity index (χ0v) is 14.1. The van der Waals surface area contributed by atoms with Gasteiger partial charge in [-0.15, -0.1) is 0 Å². The van der Waals surface area contributed by atoms with Crippen molar-refractivity contribution in [2.24, 2.45) is 0 Å². The molecule has 0 aromatic heterocycles. The lowest BCUT2D eigenvalue weighted by molar-refractivity contribution is -0.384. The van der Waals surface area contributed by atoms with E-state index in [4.69, 9.17) is 0 Å². The number of nitrogens with one attached hydrogen (secondary N) is 2. The molecule has 0 atom stereocenters. The van der Waals surface area contributed by atoms with Crippen LogP contribution in [0.2, 0.25) is 0 Å². The monoisotopic (exact) mass is 353 g/mol. The van der Waals surface area contributed by atoms with Crippen molar-refractivity contribution in [1.82, 2.24) is 5.32 Å². The smallest absolute Gasteiger partial charge is 0.269 e. The molecular weight excluding hydrogens is 334 g/mol. The molecule has 1 aliphatic rings. The van der Waals surface area contributed by atoms with Crippen LogP contribution in [0.4, 0.5) is 11.4 Å². The number of rotatable bonds is 7. The van der Waals surface area contributed by atoms with Crippen molar-refractivity contribution in [2.45, 2.75) is 31.7 Å². The summed E-state index contributed by atoms with van der Waals surface area (Å²) in [6, 6.07) is 13.4. The average Bonchev–Trinajstić information content (AvgIpc) is 3.41. The highest BCUT2D eigenvalue weighted by Crippen LogP contribution is 2.19. The molecule has 0 saturated heterocycles. The van der Waals surface area contributed by atoms with Crippen molar-refractivity contribution in [2.75, 3.05) is 5.32 Å². The van der Waals surface area contributed by atoms with E-state index in [2.05, 4.69) is 10.6 Å². The molecule has 3 rings (SSSR count). The van der Waals surface area contributed by atoms with Gasteiger partial charge in [0.05, 0.1) is 17.8 Å². The zero-order valence-electron chi connectivity index (χ0n) is 14.1. The molecule has 1 saturated carbocycles. The second kappa shape index (κ2) is 7.77. The summed E-state index contributed by atoms with van der Waals surface area (Å²) in [4.78, 5) is 34.0. The number of amides is 2. The Bertz CT molecular complexity index is 812. The number of anilines is 1. The van der Waals surface area contributed by atoms with Crippen molar-refractivity contribution in [3.05, 3.63) is 69.8 Å². The topological polar surface area (TPSA) is 101 Å². The summed E-state index contributed by atoms with van der Waals surface area (Å²) in [5.41, 5.74) is 2.22. The molecule has 0 radical (unpaired) electrons. The average molecular weight is 353 g/mol. The number of carbonyl (C=O) groups is 2. The second-order valence-corrected chi connectivity index (χ2v) is 6.36. The largest absolute Gasteiger partial charge is 0.353 e. The zero-order chi connectivity index (χ0) is 18.5. The first-order valence-corrected chi connectivity index (χ1v) is 8.41. The number of benzene rings is 2. The normalized spacial score (nSPS) is 13.1. The van der Waals surface area contributed by atoms with Gasteiger partial charge in [0.15, 0.2) is 0 Å². The van der Waals surface area contributed by atoms with Gasteiger partial charge in [0, 0.05) is 23.9 Å². The Morgan fingerprint density at radius 1 is 0.923 bits per heavy atom. The summed E-state index contributed by atoms with van der Waals surface area (Å²) in [6.07, 6.45) is 2.58. The predicted octanol–water partition coefficient (Wildman–Crippen LogP) is 2.60. The van der Waals surface area contributed by atoms with Gasteiger partial charge in [-0.05, 0) is 36.1 Å². The van der Waals surface area contributed by atoms with Gasteiger partial charge >= 0.3 is 0 Å². The van der Waals surface area contributed by atoms with Crippen molar-refractivity contribution in [3.8, 4) is 0 Å². The van der Waals surface area contributed by atoms with E-state index in [1.54, 1.807) is 24.3 Å². The molecule has 0 unspecified atom stereocenters. The van der Waals surface area contributed by atoms with Crippen molar-refractivity contribution >= 4 is 23.2 Å². The van der Waals surface area contributed by atoms with Crippen LogP contribution in [-0.4, -0.2) is 22.8 Å². The van der Waals surface area contributed by atoms with Gasteiger partial charge < -0.3 is 10.6 Å². The molecule has 2 aromatic carbocycles. The summed E-state index contributed by atoms with van der Waals surface area (Å²) < 4.78 is 0. The lowest BCUT2D eigenvalue weighted by Crippen LogP contribution is -2.26. The van der Waals surface area contributed by atoms with Crippen LogP contribution in [0.5, 0.6) is 0 Å². The molecule has 2 N–H and O–H groups in total. The quantitative estimate of drug-likeness (QED) is 0.590. The van der Waals surface area contributed by atoms with Gasteiger partial charge in [-0.1, -0.05) is 24.3 Å². The van der Waals surface area contributed by atoms with E-state index in [-0.39, 0.29) is 23.9 Å². The van der Waals surface area contributed by atoms with Crippen LogP contribution < -0.4 is 10.6 Å². The first-order chi connectivity index (χ1) is 12.5. The van der Waals surface area contributed by atoms with Crippen LogP contribution >= 0.6 is 0 Å². The van der Waals surface area contributed by atoms with Gasteiger partial charge in [-0.2, -0.15) is 0 Å². The molecule has 134 valence electrons. The van der Waals surface area contributed by atoms with E-state index in [9.17, 15) is 19.7 Å². The SMILES string of the molecule is O=C(Cc1ccc([N+](=O)[O-])cc1)Nc1ccc(CC(=O)NC2CC2)cc1. The van der Waals surface area contributed by atoms with E-state index < -0.39 is 4.92 Å². The number of hydrogen-bond donors (Lipinski definition) is 2. The van der Waals surface area contributed by atoms with Crippen molar-refractivity contribution < 1.29 is 14.5 Å². The number of nitro benzene ring substituents is 1. The summed E-state index contributed by atoms with van der Waals surface area (Å²) in [5.74, 6) is -0.194. The van der Waals surface area contributed by atoms with Crippen molar-refractivity contribution in [3.63, 3.8) is 0 Å². The summed E-state index contributed by atoms with van der Waals surface area (Å²) in [5, 5.41) is 16.3. The van der Waals surface area contributed by atoms with Gasteiger partial charge in [-0.3, -0.25) is 19.7 Å². The first-order valence-electron chi connectivity index (χ1n) is 8.41. The van der Waals surface area contributed by atoms with Crippen LogP contribution in [-0.2, 0) is 22.4 Å². The lowest BCUT2D eigenvalue weighted by atomic mass is 10.1. The molecular formula is C19H19N3O4. The van der Waals surface area contributed by atoms with Crippen LogP contribution in [0.1, 0.15) is 24.0 Å². The molecule has 0 heterocycles. The van der Waals surface area contributed by atoms with Gasteiger partial charge in [0.2, 0.25) is 11.8 Å². The van der Waals surface area contributed by atoms with E-state index in [0.29, 0.717) is 23.7 Å². The van der Waals surface area contributed by atoms with E-state index >= 15 is 0 Å². The predicted molar refractivity (Wildman–Crippen MR) is 96.7 cm³/mol. The van der Waals surface area contributed by atoms with E-state index in [1.807, 2.05) is 12.1 Å². The fourth-order valence-corrected chi connectivity index (χ4v) is 2.52. The van der Waals surface area contributed by atoms with Gasteiger partial charge in [0.25, 0.3) is 5.69 Å². The summed E-state index contributed by atoms with van der Waals surface area (Å²) in [7, 11) is 0. The molecule has 0 bridgehead atoms. The highest BCUT2D eigenvalue weighted by molar-refractivity contribution is 5.92. The number of nitro groups is 1. The molecule has 7 nitrogen and oxygen atoms in total. The Labute approximate surface area is 150 Å². The highest BCUT2D eigenvalue weighted by atomic mass is 16.6. The molecule has 0 spiro atoms. The standard InChI is InChI=1S/C19H19N3O4/c23-18(21-16-7-8-16)11-13-1-5-15(6-2-13)20-19(24)12-14-3-9-17(10-4-14)22(25)26/h1-6,9-10,16H,7-8,11-12H2,(H,20,24)(H,21,23). The van der Waals surface area contributed by atoms with Crippen LogP contribution in [0.15, 0.2) is 48.5 Å². The Morgan fingerprint density at radius 3 is 2.00 bits per heavy atom. The lowest BCUT2D eigenvalue weighted by Gasteiger charge is -2.07. The molecule has 26 heavy (non-hydrogen) atoms. The molecule has 1 aliphatic carbocycles. The Hall–Kier alpha value is -3.22. The van der Waals surface area contributed by atoms with Crippen LogP contribution in [0.25, 0.3) is 0 Å². The maximum Gasteiger partial charge on any atom is 0.269 e. The number of carbonyl (C=O) groups excluding carboxylic acids is 2. The summed E-state index contributed by atoms with van der Waals surface area (Å²) in [6.45, 7) is 0. The summed E-state index contributed by atoms with van der Waals surface area (Å²) >= 11 is 0. The molecule has 7 heteroatoms. The van der Waals surface area contributed by atoms with Gasteiger partial charge in [0.1, 0.15) is 0 Å². The fourth-order valence-electron chi connectivity index (χ4n) is 2.52. The third kappa shape index (κ3) is 5.14. The maximum atomic E-state index is 12.1. The molecule has 0 aliphatic heterocycles. The number of hydrogen-bond acceptors (Lipinski definition) is 4. The third-order valence-corrected chi connectivity index (χ3v) is 4.06. The second-order valence-electron chi connectivity index (χ2n) is 6.36. The minimum Gasteiger partial charge on any atom is -0.353 e. The molecule has 1 fully saturated rings. The Kier molecular flexibility index (Phi) is 5.26. The van der Waals surface area contributed by atoms with E-state index in [0.717, 1.165) is 18.4 Å². The molecule has 2 amide bonds. The number of non-ortho nitro benzene ring substituents is 1. The van der Waals surface area contributed by atoms with E-state index in [1.165, 1.54) is 12.1 Å². The van der Waals surface area contributed by atoms with Crippen LogP contribution in [0, 0.1) is 10.1 Å². The minimum absolute atomic E-state index is 0.00419. The Morgan fingerprint density at radius 2 is 1.46 bits per heavy atom. The maximum absolute atomic E-state index is 12.1. The van der Waals surface area contributed by atoms with Crippen molar-refractivity contribution in [1.29, 1.82) is 0 Å². The number of nitrogens with zero attached hydrogens (tertiary/aromatic N) is 1. The minimum atomic E-state index is -0.476. The fraction of sp³-hybridized carbons (Fsp3) is 0.263. The first kappa shape index (κ1) is 17.6.